The zero-order valence-electron chi connectivity index (χ0n) is 18.4. The molecule has 3 heterocycles. The second-order valence-electron chi connectivity index (χ2n) is 7.56. The molecule has 1 amide bonds. The van der Waals surface area contributed by atoms with Crippen LogP contribution in [0.3, 0.4) is 0 Å². The van der Waals surface area contributed by atoms with Crippen molar-refractivity contribution in [2.75, 3.05) is 10.0 Å². The summed E-state index contributed by atoms with van der Waals surface area (Å²) in [5.74, 6) is -0.870. The smallest absolute Gasteiger partial charge is 0.274 e. The average molecular weight is 527 g/mol. The van der Waals surface area contributed by atoms with E-state index >= 15 is 0 Å². The number of rotatable bonds is 6. The van der Waals surface area contributed by atoms with Crippen LogP contribution in [0, 0.1) is 5.82 Å². The fraction of sp³-hybridized carbons (Fsp3) is 0.0455. The van der Waals surface area contributed by atoms with Gasteiger partial charge in [-0.05, 0) is 42.5 Å². The lowest BCUT2D eigenvalue weighted by Gasteiger charge is -2.07. The van der Waals surface area contributed by atoms with Gasteiger partial charge in [0.25, 0.3) is 15.9 Å². The summed E-state index contributed by atoms with van der Waals surface area (Å²) in [6.45, 7) is 0. The molecule has 0 radical (unpaired) electrons. The van der Waals surface area contributed by atoms with Gasteiger partial charge in [-0.25, -0.2) is 27.5 Å². The maximum absolute atomic E-state index is 13.4. The van der Waals surface area contributed by atoms with E-state index in [1.165, 1.54) is 58.4 Å². The Morgan fingerprint density at radius 3 is 2.58 bits per heavy atom. The Balaban J connectivity index is 1.39. The molecule has 36 heavy (non-hydrogen) atoms. The molecule has 5 aromatic rings. The first-order chi connectivity index (χ1) is 17.2. The van der Waals surface area contributed by atoms with Crippen LogP contribution in [0.5, 0.6) is 0 Å². The molecule has 11 nitrogen and oxygen atoms in total. The first-order valence-corrected chi connectivity index (χ1v) is 12.2. The topological polar surface area (TPSA) is 137 Å². The number of anilines is 2. The molecular weight excluding hydrogens is 511 g/mol. The fourth-order valence-corrected chi connectivity index (χ4v) is 4.64. The van der Waals surface area contributed by atoms with E-state index in [-0.39, 0.29) is 27.2 Å². The molecule has 0 unspecified atom stereocenters. The number of hydrogen-bond donors (Lipinski definition) is 2. The lowest BCUT2D eigenvalue weighted by atomic mass is 10.2. The molecule has 5 rings (SSSR count). The zero-order valence-corrected chi connectivity index (χ0v) is 20.0. The molecule has 14 heteroatoms. The monoisotopic (exact) mass is 526 g/mol. The quantitative estimate of drug-likeness (QED) is 0.346. The van der Waals surface area contributed by atoms with Crippen LogP contribution in [0.2, 0.25) is 5.02 Å². The Hall–Kier alpha value is -4.36. The number of sulfonamides is 1. The van der Waals surface area contributed by atoms with Crippen LogP contribution < -0.4 is 10.0 Å². The molecule has 0 fully saturated rings. The third kappa shape index (κ3) is 4.48. The molecule has 0 aliphatic rings. The standard InChI is InChI=1S/C22H16ClFN8O3S/c1-31-20(21(33)28-13-4-6-18(24)17(23)9-13)16-5-3-14(10-19(16)29-31)30-36(34,35)15-11-27-32(12-15)22-25-7-2-8-26-22/h2-12,30H,1H3,(H,28,33). The van der Waals surface area contributed by atoms with Crippen molar-refractivity contribution in [1.82, 2.24) is 29.5 Å². The van der Waals surface area contributed by atoms with E-state index in [1.807, 2.05) is 0 Å². The molecule has 182 valence electrons. The van der Waals surface area contributed by atoms with Gasteiger partial charge in [0, 0.05) is 30.5 Å². The van der Waals surface area contributed by atoms with E-state index in [0.29, 0.717) is 16.6 Å². The highest BCUT2D eigenvalue weighted by atomic mass is 35.5. The van der Waals surface area contributed by atoms with Crippen LogP contribution in [-0.4, -0.2) is 43.9 Å². The molecule has 2 aromatic carbocycles. The number of nitrogens with one attached hydrogen (secondary N) is 2. The van der Waals surface area contributed by atoms with E-state index in [9.17, 15) is 17.6 Å². The van der Waals surface area contributed by atoms with Gasteiger partial charge in [0.2, 0.25) is 5.95 Å². The number of aryl methyl sites for hydroxylation is 1. The first kappa shape index (κ1) is 23.4. The van der Waals surface area contributed by atoms with Gasteiger partial charge in [-0.2, -0.15) is 10.2 Å². The number of halogens is 2. The van der Waals surface area contributed by atoms with Gasteiger partial charge in [0.05, 0.1) is 28.6 Å². The van der Waals surface area contributed by atoms with Crippen LogP contribution in [0.1, 0.15) is 10.5 Å². The van der Waals surface area contributed by atoms with Crippen molar-refractivity contribution >= 4 is 49.8 Å². The molecule has 0 saturated carbocycles. The van der Waals surface area contributed by atoms with E-state index in [4.69, 9.17) is 11.6 Å². The number of benzene rings is 2. The molecule has 3 aromatic heterocycles. The average Bonchev–Trinajstić information content (AvgIpc) is 3.46. The number of nitrogens with zero attached hydrogens (tertiary/aromatic N) is 6. The summed E-state index contributed by atoms with van der Waals surface area (Å²) < 4.78 is 44.3. The third-order valence-corrected chi connectivity index (χ3v) is 6.73. The molecule has 0 bridgehead atoms. The highest BCUT2D eigenvalue weighted by Crippen LogP contribution is 2.25. The molecule has 0 saturated heterocycles. The highest BCUT2D eigenvalue weighted by Gasteiger charge is 2.21. The number of aromatic nitrogens is 6. The molecule has 0 aliphatic heterocycles. The minimum atomic E-state index is -3.98. The molecular formula is C22H16ClFN8O3S. The fourth-order valence-electron chi connectivity index (χ4n) is 3.48. The van der Waals surface area contributed by atoms with Gasteiger partial charge in [-0.15, -0.1) is 0 Å². The van der Waals surface area contributed by atoms with E-state index in [1.54, 1.807) is 19.2 Å². The minimum Gasteiger partial charge on any atom is -0.321 e. The number of carbonyl (C=O) groups is 1. The third-order valence-electron chi connectivity index (χ3n) is 5.11. The number of hydrogen-bond acceptors (Lipinski definition) is 7. The van der Waals surface area contributed by atoms with Gasteiger partial charge in [0.15, 0.2) is 0 Å². The van der Waals surface area contributed by atoms with Crippen LogP contribution in [-0.2, 0) is 17.1 Å². The lowest BCUT2D eigenvalue weighted by molar-refractivity contribution is 0.101. The van der Waals surface area contributed by atoms with Gasteiger partial charge < -0.3 is 5.32 Å². The summed E-state index contributed by atoms with van der Waals surface area (Å²) in [5, 5.41) is 11.3. The Morgan fingerprint density at radius 2 is 1.83 bits per heavy atom. The summed E-state index contributed by atoms with van der Waals surface area (Å²) >= 11 is 5.78. The van der Waals surface area contributed by atoms with Crippen molar-refractivity contribution in [3.63, 3.8) is 0 Å². The van der Waals surface area contributed by atoms with Gasteiger partial charge in [-0.1, -0.05) is 11.6 Å². The second kappa shape index (κ2) is 9.02. The summed E-state index contributed by atoms with van der Waals surface area (Å²) in [5.41, 5.74) is 1.16. The van der Waals surface area contributed by atoms with E-state index in [0.717, 1.165) is 6.07 Å². The summed E-state index contributed by atoms with van der Waals surface area (Å²) in [6.07, 6.45) is 5.51. The molecule has 2 N–H and O–H groups in total. The first-order valence-electron chi connectivity index (χ1n) is 10.3. The van der Waals surface area contributed by atoms with Crippen LogP contribution in [0.25, 0.3) is 16.9 Å². The number of amides is 1. The summed E-state index contributed by atoms with van der Waals surface area (Å²) in [7, 11) is -2.40. The second-order valence-corrected chi connectivity index (χ2v) is 9.65. The molecule has 0 atom stereocenters. The van der Waals surface area contributed by atoms with Crippen molar-refractivity contribution in [1.29, 1.82) is 0 Å². The summed E-state index contributed by atoms with van der Waals surface area (Å²) in [4.78, 5) is 20.9. The predicted molar refractivity (Wildman–Crippen MR) is 130 cm³/mol. The van der Waals surface area contributed by atoms with Gasteiger partial charge in [0.1, 0.15) is 16.4 Å². The van der Waals surface area contributed by atoms with Crippen molar-refractivity contribution < 1.29 is 17.6 Å². The minimum absolute atomic E-state index is 0.0888. The number of carbonyl (C=O) groups excluding carboxylic acids is 1. The van der Waals surface area contributed by atoms with Crippen molar-refractivity contribution in [2.45, 2.75) is 4.90 Å². The highest BCUT2D eigenvalue weighted by molar-refractivity contribution is 7.92. The van der Waals surface area contributed by atoms with Crippen LogP contribution in [0.15, 0.2) is 72.1 Å². The van der Waals surface area contributed by atoms with Gasteiger partial charge in [-0.3, -0.25) is 14.2 Å². The van der Waals surface area contributed by atoms with Crippen molar-refractivity contribution in [3.8, 4) is 5.95 Å². The molecule has 0 spiro atoms. The SMILES string of the molecule is Cn1nc2cc(NS(=O)(=O)c3cnn(-c4ncccn4)c3)ccc2c1C(=O)Nc1ccc(F)c(Cl)c1. The van der Waals surface area contributed by atoms with Crippen LogP contribution in [0.4, 0.5) is 15.8 Å². The Morgan fingerprint density at radius 1 is 1.08 bits per heavy atom. The van der Waals surface area contributed by atoms with Crippen LogP contribution >= 0.6 is 11.6 Å². The predicted octanol–water partition coefficient (Wildman–Crippen LogP) is 3.39. The Labute approximate surface area is 208 Å². The van der Waals surface area contributed by atoms with E-state index in [2.05, 4.69) is 30.2 Å². The maximum atomic E-state index is 13.4. The zero-order chi connectivity index (χ0) is 25.4. The molecule has 0 aliphatic carbocycles. The number of fused-ring (bicyclic) bond motifs is 1. The summed E-state index contributed by atoms with van der Waals surface area (Å²) in [6, 6.07) is 10.1. The largest absolute Gasteiger partial charge is 0.321 e. The Kier molecular flexibility index (Phi) is 5.86. The Bertz CT molecular complexity index is 1720. The van der Waals surface area contributed by atoms with Crippen molar-refractivity contribution in [3.05, 3.63) is 83.8 Å². The van der Waals surface area contributed by atoms with Gasteiger partial charge >= 0.3 is 0 Å². The van der Waals surface area contributed by atoms with E-state index < -0.39 is 21.7 Å². The van der Waals surface area contributed by atoms with Crippen molar-refractivity contribution in [2.24, 2.45) is 7.05 Å². The normalized spacial score (nSPS) is 11.5. The lowest BCUT2D eigenvalue weighted by Crippen LogP contribution is -2.16. The maximum Gasteiger partial charge on any atom is 0.274 e.